The molecule has 1 N–H and O–H groups in total. The maximum Gasteiger partial charge on any atom is 0.187 e. The van der Waals surface area contributed by atoms with Crippen LogP contribution in [-0.4, -0.2) is 12.1 Å². The van der Waals surface area contributed by atoms with Crippen molar-refractivity contribution in [2.75, 3.05) is 12.4 Å². The Labute approximate surface area is 121 Å². The second kappa shape index (κ2) is 5.75. The van der Waals surface area contributed by atoms with Crippen LogP contribution < -0.4 is 10.1 Å². The predicted octanol–water partition coefficient (Wildman–Crippen LogP) is 4.56. The van der Waals surface area contributed by atoms with Gasteiger partial charge in [-0.25, -0.2) is 4.98 Å². The van der Waals surface area contributed by atoms with Gasteiger partial charge in [0.15, 0.2) is 5.13 Å². The van der Waals surface area contributed by atoms with Crippen molar-refractivity contribution in [1.29, 1.82) is 0 Å². The van der Waals surface area contributed by atoms with Crippen LogP contribution in [0.4, 0.5) is 10.8 Å². The van der Waals surface area contributed by atoms with Crippen molar-refractivity contribution in [3.05, 3.63) is 60.0 Å². The first-order valence-corrected chi connectivity index (χ1v) is 7.15. The summed E-state index contributed by atoms with van der Waals surface area (Å²) in [5, 5.41) is 6.22. The molecule has 0 atom stereocenters. The van der Waals surface area contributed by atoms with Gasteiger partial charge in [0, 0.05) is 16.6 Å². The van der Waals surface area contributed by atoms with E-state index in [0.29, 0.717) is 0 Å². The number of aromatic nitrogens is 1. The van der Waals surface area contributed by atoms with E-state index in [9.17, 15) is 0 Å². The molecule has 3 rings (SSSR count). The summed E-state index contributed by atoms with van der Waals surface area (Å²) in [5.74, 6) is 0.841. The van der Waals surface area contributed by atoms with Gasteiger partial charge in [0.05, 0.1) is 12.8 Å². The van der Waals surface area contributed by atoms with Gasteiger partial charge in [-0.15, -0.1) is 11.3 Å². The molecule has 20 heavy (non-hydrogen) atoms. The molecule has 0 amide bonds. The molecule has 0 bridgehead atoms. The van der Waals surface area contributed by atoms with Crippen molar-refractivity contribution < 1.29 is 4.74 Å². The number of nitrogens with one attached hydrogen (secondary N) is 1. The number of ether oxygens (including phenoxy) is 1. The molecule has 0 aliphatic heterocycles. The van der Waals surface area contributed by atoms with Gasteiger partial charge in [-0.05, 0) is 24.3 Å². The summed E-state index contributed by atoms with van der Waals surface area (Å²) in [6, 6.07) is 18.0. The second-order valence-corrected chi connectivity index (χ2v) is 5.12. The SMILES string of the molecule is COc1cccc(-c2csc(Nc3ccccc3)n2)c1. The van der Waals surface area contributed by atoms with E-state index in [1.165, 1.54) is 0 Å². The largest absolute Gasteiger partial charge is 0.497 e. The van der Waals surface area contributed by atoms with Crippen LogP contribution in [0.25, 0.3) is 11.3 Å². The van der Waals surface area contributed by atoms with Gasteiger partial charge in [0.1, 0.15) is 5.75 Å². The number of thiazole rings is 1. The number of anilines is 2. The minimum atomic E-state index is 0.841. The van der Waals surface area contributed by atoms with E-state index in [0.717, 1.165) is 27.8 Å². The number of hydrogen-bond acceptors (Lipinski definition) is 4. The highest BCUT2D eigenvalue weighted by Crippen LogP contribution is 2.28. The summed E-state index contributed by atoms with van der Waals surface area (Å²) in [5.41, 5.74) is 3.05. The van der Waals surface area contributed by atoms with Crippen LogP contribution >= 0.6 is 11.3 Å². The van der Waals surface area contributed by atoms with Crippen LogP contribution in [0.2, 0.25) is 0 Å². The summed E-state index contributed by atoms with van der Waals surface area (Å²) in [6.45, 7) is 0. The Morgan fingerprint density at radius 1 is 1.05 bits per heavy atom. The van der Waals surface area contributed by atoms with Crippen LogP contribution in [-0.2, 0) is 0 Å². The van der Waals surface area contributed by atoms with Gasteiger partial charge in [0.25, 0.3) is 0 Å². The number of benzene rings is 2. The number of rotatable bonds is 4. The van der Waals surface area contributed by atoms with Gasteiger partial charge >= 0.3 is 0 Å². The van der Waals surface area contributed by atoms with Crippen molar-refractivity contribution in [2.24, 2.45) is 0 Å². The molecular weight excluding hydrogens is 268 g/mol. The van der Waals surface area contributed by atoms with E-state index >= 15 is 0 Å². The van der Waals surface area contributed by atoms with E-state index in [2.05, 4.69) is 10.3 Å². The van der Waals surface area contributed by atoms with Gasteiger partial charge < -0.3 is 10.1 Å². The lowest BCUT2D eigenvalue weighted by atomic mass is 10.2. The molecule has 3 aromatic rings. The fourth-order valence-corrected chi connectivity index (χ4v) is 2.63. The zero-order valence-corrected chi connectivity index (χ0v) is 11.9. The summed E-state index contributed by atoms with van der Waals surface area (Å²) >= 11 is 1.59. The molecule has 0 radical (unpaired) electrons. The van der Waals surface area contributed by atoms with Gasteiger partial charge in [-0.1, -0.05) is 30.3 Å². The molecule has 4 heteroatoms. The molecule has 0 saturated heterocycles. The lowest BCUT2D eigenvalue weighted by Crippen LogP contribution is -1.89. The number of hydrogen-bond donors (Lipinski definition) is 1. The topological polar surface area (TPSA) is 34.1 Å². The highest BCUT2D eigenvalue weighted by atomic mass is 32.1. The summed E-state index contributed by atoms with van der Waals surface area (Å²) in [7, 11) is 1.67. The maximum atomic E-state index is 5.24. The Bertz CT molecular complexity index is 694. The standard InChI is InChI=1S/C16H14N2OS/c1-19-14-9-5-6-12(10-14)15-11-20-16(18-15)17-13-7-3-2-4-8-13/h2-11H,1H3,(H,17,18). The molecule has 1 aromatic heterocycles. The van der Waals surface area contributed by atoms with E-state index in [1.54, 1.807) is 18.4 Å². The summed E-state index contributed by atoms with van der Waals surface area (Å²) in [6.07, 6.45) is 0. The number of para-hydroxylation sites is 1. The molecule has 2 aromatic carbocycles. The molecule has 0 spiro atoms. The highest BCUT2D eigenvalue weighted by Gasteiger charge is 2.05. The first-order chi connectivity index (χ1) is 9.85. The Balaban J connectivity index is 1.83. The molecule has 100 valence electrons. The third-order valence-electron chi connectivity index (χ3n) is 2.89. The average molecular weight is 282 g/mol. The zero-order valence-electron chi connectivity index (χ0n) is 11.0. The van der Waals surface area contributed by atoms with Crippen LogP contribution in [0.15, 0.2) is 60.0 Å². The fourth-order valence-electron chi connectivity index (χ4n) is 1.89. The minimum Gasteiger partial charge on any atom is -0.497 e. The molecule has 0 fully saturated rings. The van der Waals surface area contributed by atoms with E-state index in [4.69, 9.17) is 4.74 Å². The average Bonchev–Trinajstić information content (AvgIpc) is 2.97. The summed E-state index contributed by atoms with van der Waals surface area (Å²) in [4.78, 5) is 4.60. The number of methoxy groups -OCH3 is 1. The first kappa shape index (κ1) is 12.7. The van der Waals surface area contributed by atoms with Crippen molar-refractivity contribution >= 4 is 22.2 Å². The third kappa shape index (κ3) is 2.81. The fraction of sp³-hybridized carbons (Fsp3) is 0.0625. The Morgan fingerprint density at radius 3 is 2.70 bits per heavy atom. The van der Waals surface area contributed by atoms with Gasteiger partial charge in [-0.3, -0.25) is 0 Å². The monoisotopic (exact) mass is 282 g/mol. The van der Waals surface area contributed by atoms with Gasteiger partial charge in [-0.2, -0.15) is 0 Å². The molecule has 0 aliphatic rings. The maximum absolute atomic E-state index is 5.24. The van der Waals surface area contributed by atoms with Crippen molar-refractivity contribution in [2.45, 2.75) is 0 Å². The van der Waals surface area contributed by atoms with Crippen molar-refractivity contribution in [3.63, 3.8) is 0 Å². The molecule has 0 aliphatic carbocycles. The Hall–Kier alpha value is -2.33. The van der Waals surface area contributed by atoms with Crippen molar-refractivity contribution in [3.8, 4) is 17.0 Å². The minimum absolute atomic E-state index is 0.841. The third-order valence-corrected chi connectivity index (χ3v) is 3.65. The molecular formula is C16H14N2OS. The van der Waals surface area contributed by atoms with E-state index < -0.39 is 0 Å². The zero-order chi connectivity index (χ0) is 13.8. The molecule has 0 saturated carbocycles. The van der Waals surface area contributed by atoms with Gasteiger partial charge in [0.2, 0.25) is 0 Å². The summed E-state index contributed by atoms with van der Waals surface area (Å²) < 4.78 is 5.24. The van der Waals surface area contributed by atoms with Crippen LogP contribution in [0.3, 0.4) is 0 Å². The predicted molar refractivity (Wildman–Crippen MR) is 83.8 cm³/mol. The molecule has 1 heterocycles. The van der Waals surface area contributed by atoms with Crippen molar-refractivity contribution in [1.82, 2.24) is 4.98 Å². The van der Waals surface area contributed by atoms with Crippen LogP contribution in [0.1, 0.15) is 0 Å². The highest BCUT2D eigenvalue weighted by molar-refractivity contribution is 7.14. The normalized spacial score (nSPS) is 10.2. The van der Waals surface area contributed by atoms with Crippen LogP contribution in [0.5, 0.6) is 5.75 Å². The lowest BCUT2D eigenvalue weighted by molar-refractivity contribution is 0.415. The van der Waals surface area contributed by atoms with E-state index in [1.807, 2.05) is 60.0 Å². The second-order valence-electron chi connectivity index (χ2n) is 4.26. The smallest absolute Gasteiger partial charge is 0.187 e. The molecule has 3 nitrogen and oxygen atoms in total. The Kier molecular flexibility index (Phi) is 3.65. The number of nitrogens with zero attached hydrogens (tertiary/aromatic N) is 1. The molecule has 0 unspecified atom stereocenters. The quantitative estimate of drug-likeness (QED) is 0.761. The van der Waals surface area contributed by atoms with Crippen LogP contribution in [0, 0.1) is 0 Å². The lowest BCUT2D eigenvalue weighted by Gasteiger charge is -2.02. The first-order valence-electron chi connectivity index (χ1n) is 6.27. The Morgan fingerprint density at radius 2 is 1.90 bits per heavy atom. The van der Waals surface area contributed by atoms with E-state index in [-0.39, 0.29) is 0 Å².